The van der Waals surface area contributed by atoms with Crippen LogP contribution in [0.2, 0.25) is 5.02 Å². The van der Waals surface area contributed by atoms with Crippen LogP contribution in [-0.2, 0) is 9.53 Å². The lowest BCUT2D eigenvalue weighted by molar-refractivity contribution is -0.139. The zero-order chi connectivity index (χ0) is 28.6. The Morgan fingerprint density at radius 1 is 1.18 bits per heavy atom. The molecule has 0 N–H and O–H groups in total. The van der Waals surface area contributed by atoms with Crippen LogP contribution in [0.25, 0.3) is 17.4 Å². The number of ether oxygens (including phenoxy) is 3. The van der Waals surface area contributed by atoms with Gasteiger partial charge in [-0.25, -0.2) is 9.79 Å². The summed E-state index contributed by atoms with van der Waals surface area (Å²) in [5.74, 6) is 1.57. The lowest BCUT2D eigenvalue weighted by Crippen LogP contribution is -2.40. The average Bonchev–Trinajstić information content (AvgIpc) is 3.53. The number of hydrogen-bond donors (Lipinski definition) is 0. The molecule has 8 nitrogen and oxygen atoms in total. The molecule has 5 rings (SSSR count). The summed E-state index contributed by atoms with van der Waals surface area (Å²) in [5.41, 5.74) is 1.79. The molecule has 3 heterocycles. The summed E-state index contributed by atoms with van der Waals surface area (Å²) in [7, 11) is 3.08. The number of rotatable bonds is 7. The lowest BCUT2D eigenvalue weighted by Gasteiger charge is -2.26. The fourth-order valence-electron chi connectivity index (χ4n) is 4.49. The summed E-state index contributed by atoms with van der Waals surface area (Å²) in [6.07, 6.45) is 1.67. The van der Waals surface area contributed by atoms with E-state index in [1.165, 1.54) is 23.0 Å². The first-order chi connectivity index (χ1) is 19.2. The molecule has 0 radical (unpaired) electrons. The second-order valence-corrected chi connectivity index (χ2v) is 11.0. The van der Waals surface area contributed by atoms with Crippen LogP contribution in [0.5, 0.6) is 11.5 Å². The molecule has 1 aliphatic rings. The number of aromatic nitrogens is 1. The maximum Gasteiger partial charge on any atom is 0.338 e. The maximum absolute atomic E-state index is 13.9. The van der Waals surface area contributed by atoms with Crippen molar-refractivity contribution in [3.8, 4) is 22.8 Å². The SMILES string of the molecule is CCOC(=O)C1=C(C)N=c2s/c(=C\c3ccc(-c4ccc(Br)c(Cl)c4)o3)c(=O)n2[C@H]1c1ccc(OC)cc1OC. The van der Waals surface area contributed by atoms with Gasteiger partial charge < -0.3 is 18.6 Å². The van der Waals surface area contributed by atoms with Crippen molar-refractivity contribution in [1.29, 1.82) is 0 Å². The fourth-order valence-corrected chi connectivity index (χ4v) is 5.95. The van der Waals surface area contributed by atoms with Crippen LogP contribution in [0.4, 0.5) is 0 Å². The van der Waals surface area contributed by atoms with E-state index in [0.29, 0.717) is 48.6 Å². The van der Waals surface area contributed by atoms with E-state index in [1.807, 2.05) is 18.2 Å². The van der Waals surface area contributed by atoms with Crippen molar-refractivity contribution in [2.45, 2.75) is 19.9 Å². The van der Waals surface area contributed by atoms with Crippen molar-refractivity contribution in [3.05, 3.63) is 100 Å². The highest BCUT2D eigenvalue weighted by Gasteiger charge is 2.35. The number of carbonyl (C=O) groups excluding carboxylic acids is 1. The van der Waals surface area contributed by atoms with E-state index in [0.717, 1.165) is 10.0 Å². The van der Waals surface area contributed by atoms with Gasteiger partial charge in [-0.15, -0.1) is 0 Å². The first-order valence-corrected chi connectivity index (χ1v) is 14.2. The number of methoxy groups -OCH3 is 2. The lowest BCUT2D eigenvalue weighted by atomic mass is 9.95. The van der Waals surface area contributed by atoms with Crippen LogP contribution in [0, 0.1) is 0 Å². The second kappa shape index (κ2) is 11.5. The van der Waals surface area contributed by atoms with Gasteiger partial charge >= 0.3 is 5.97 Å². The van der Waals surface area contributed by atoms with Crippen LogP contribution in [0.15, 0.2) is 78.5 Å². The third kappa shape index (κ3) is 5.14. The summed E-state index contributed by atoms with van der Waals surface area (Å²) in [6.45, 7) is 3.64. The number of allylic oxidation sites excluding steroid dienone is 1. The minimum absolute atomic E-state index is 0.177. The van der Waals surface area contributed by atoms with Gasteiger partial charge in [0.05, 0.1) is 41.7 Å². The van der Waals surface area contributed by atoms with Crippen LogP contribution < -0.4 is 24.4 Å². The van der Waals surface area contributed by atoms with Gasteiger partial charge in [-0.05, 0) is 66.2 Å². The number of esters is 1. The van der Waals surface area contributed by atoms with Gasteiger partial charge in [-0.1, -0.05) is 29.0 Å². The predicted molar refractivity (Wildman–Crippen MR) is 157 cm³/mol. The predicted octanol–water partition coefficient (Wildman–Crippen LogP) is 5.49. The maximum atomic E-state index is 13.9. The van der Waals surface area contributed by atoms with E-state index in [2.05, 4.69) is 20.9 Å². The number of benzene rings is 2. The Hall–Kier alpha value is -3.60. The van der Waals surface area contributed by atoms with Gasteiger partial charge in [0, 0.05) is 27.7 Å². The van der Waals surface area contributed by atoms with Crippen LogP contribution in [0.1, 0.15) is 31.2 Å². The molecule has 2 aromatic carbocycles. The Bertz CT molecular complexity index is 1840. The summed E-state index contributed by atoms with van der Waals surface area (Å²) < 4.78 is 25.1. The Kier molecular flexibility index (Phi) is 8.02. The minimum atomic E-state index is -0.824. The number of nitrogens with zero attached hydrogens (tertiary/aromatic N) is 2. The Labute approximate surface area is 246 Å². The summed E-state index contributed by atoms with van der Waals surface area (Å²) in [6, 6.07) is 13.5. The minimum Gasteiger partial charge on any atom is -0.497 e. The number of fused-ring (bicyclic) bond motifs is 1. The van der Waals surface area contributed by atoms with Crippen LogP contribution in [0.3, 0.4) is 0 Å². The van der Waals surface area contributed by atoms with Crippen LogP contribution in [-0.4, -0.2) is 31.4 Å². The molecule has 0 amide bonds. The Morgan fingerprint density at radius 2 is 1.98 bits per heavy atom. The van der Waals surface area contributed by atoms with E-state index < -0.39 is 12.0 Å². The van der Waals surface area contributed by atoms with E-state index >= 15 is 0 Å². The topological polar surface area (TPSA) is 92.3 Å². The van der Waals surface area contributed by atoms with Gasteiger partial charge in [0.2, 0.25) is 0 Å². The second-order valence-electron chi connectivity index (χ2n) is 8.74. The van der Waals surface area contributed by atoms with Gasteiger partial charge in [-0.3, -0.25) is 9.36 Å². The number of halogens is 2. The third-order valence-corrected chi connectivity index (χ3v) is 8.57. The molecule has 1 atom stereocenters. The number of furan rings is 1. The van der Waals surface area contributed by atoms with Crippen LogP contribution >= 0.6 is 38.9 Å². The molecular formula is C29H24BrClN2O6S. The molecule has 40 heavy (non-hydrogen) atoms. The number of thiazole rings is 1. The van der Waals surface area contributed by atoms with Gasteiger partial charge in [0.1, 0.15) is 29.1 Å². The van der Waals surface area contributed by atoms with Crippen molar-refractivity contribution in [2.24, 2.45) is 4.99 Å². The van der Waals surface area contributed by atoms with Crippen molar-refractivity contribution in [3.63, 3.8) is 0 Å². The molecule has 0 spiro atoms. The largest absolute Gasteiger partial charge is 0.497 e. The Balaban J connectivity index is 1.66. The van der Waals surface area contributed by atoms with E-state index in [1.54, 1.807) is 57.4 Å². The third-order valence-electron chi connectivity index (χ3n) is 6.36. The highest BCUT2D eigenvalue weighted by Crippen LogP contribution is 2.37. The highest BCUT2D eigenvalue weighted by atomic mass is 79.9. The highest BCUT2D eigenvalue weighted by molar-refractivity contribution is 9.10. The molecule has 0 saturated carbocycles. The fraction of sp³-hybridized carbons (Fsp3) is 0.207. The smallest absolute Gasteiger partial charge is 0.338 e. The molecule has 0 bridgehead atoms. The molecule has 0 fully saturated rings. The van der Waals surface area contributed by atoms with E-state index in [4.69, 9.17) is 30.2 Å². The van der Waals surface area contributed by atoms with E-state index in [-0.39, 0.29) is 17.7 Å². The van der Waals surface area contributed by atoms with Gasteiger partial charge in [-0.2, -0.15) is 0 Å². The molecule has 2 aromatic heterocycles. The number of carbonyl (C=O) groups is 1. The molecule has 206 valence electrons. The molecule has 11 heteroatoms. The first kappa shape index (κ1) is 27.9. The zero-order valence-corrected chi connectivity index (χ0v) is 25.1. The molecule has 4 aromatic rings. The molecule has 0 saturated heterocycles. The summed E-state index contributed by atoms with van der Waals surface area (Å²) in [5, 5.41) is 0.561. The van der Waals surface area contributed by atoms with Crippen molar-refractivity contribution < 1.29 is 23.4 Å². The van der Waals surface area contributed by atoms with Gasteiger partial charge in [0.25, 0.3) is 5.56 Å². The monoisotopic (exact) mass is 642 g/mol. The summed E-state index contributed by atoms with van der Waals surface area (Å²) >= 11 is 10.8. The summed E-state index contributed by atoms with van der Waals surface area (Å²) in [4.78, 5) is 32.1. The van der Waals surface area contributed by atoms with Gasteiger partial charge in [0.15, 0.2) is 4.80 Å². The van der Waals surface area contributed by atoms with Crippen molar-refractivity contribution in [1.82, 2.24) is 4.57 Å². The molecule has 0 aliphatic carbocycles. The normalized spacial score (nSPS) is 15.1. The van der Waals surface area contributed by atoms with Crippen molar-refractivity contribution >= 4 is 50.9 Å². The number of hydrogen-bond acceptors (Lipinski definition) is 8. The van der Waals surface area contributed by atoms with Crippen molar-refractivity contribution in [2.75, 3.05) is 20.8 Å². The standard InChI is InChI=1S/C29H24BrClN2O6S/c1-5-38-28(35)25-15(2)32-29-33(26(25)19-9-7-17(36-3)13-23(19)37-4)27(34)24(40-29)14-18-8-11-22(39-18)16-6-10-20(30)21(31)12-16/h6-14,26H,5H2,1-4H3/b24-14-/t26-/m0/s1. The molecular weight excluding hydrogens is 620 g/mol. The zero-order valence-electron chi connectivity index (χ0n) is 22.0. The molecule has 0 unspecified atom stereocenters. The molecule has 1 aliphatic heterocycles. The quantitative estimate of drug-likeness (QED) is 0.247. The first-order valence-electron chi connectivity index (χ1n) is 12.2. The van der Waals surface area contributed by atoms with E-state index in [9.17, 15) is 9.59 Å². The Morgan fingerprint density at radius 3 is 2.67 bits per heavy atom. The average molecular weight is 644 g/mol.